The quantitative estimate of drug-likeness (QED) is 0.759. The number of carbonyl (C=O) groups excluding carboxylic acids is 1. The number of likely N-dealkylation sites (tertiary alicyclic amines) is 1. The number of rotatable bonds is 5. The van der Waals surface area contributed by atoms with Gasteiger partial charge in [0.25, 0.3) is 0 Å². The minimum Gasteiger partial charge on any atom is -0.490 e. The van der Waals surface area contributed by atoms with Gasteiger partial charge in [0, 0.05) is 23.0 Å². The van der Waals surface area contributed by atoms with E-state index in [1.165, 1.54) is 10.5 Å². The molecule has 0 spiro atoms. The van der Waals surface area contributed by atoms with Crippen LogP contribution in [-0.4, -0.2) is 43.4 Å². The molecule has 0 radical (unpaired) electrons. The van der Waals surface area contributed by atoms with Crippen molar-refractivity contribution in [1.82, 2.24) is 4.90 Å². The number of nitrogens with one attached hydrogen (secondary N) is 1. The van der Waals surface area contributed by atoms with Crippen molar-refractivity contribution in [2.75, 3.05) is 37.9 Å². The third kappa shape index (κ3) is 4.45. The normalized spacial score (nSPS) is 19.2. The van der Waals surface area contributed by atoms with Gasteiger partial charge in [-0.2, -0.15) is 0 Å². The van der Waals surface area contributed by atoms with Crippen molar-refractivity contribution in [2.24, 2.45) is 0 Å². The molecule has 1 amide bonds. The third-order valence-corrected chi connectivity index (χ3v) is 5.98. The summed E-state index contributed by atoms with van der Waals surface area (Å²) in [5.74, 6) is 1.66. The van der Waals surface area contributed by atoms with E-state index in [2.05, 4.69) is 22.3 Å². The molecule has 148 valence electrons. The molecule has 2 aliphatic rings. The molecule has 5 nitrogen and oxygen atoms in total. The molecule has 2 aromatic rings. The number of ether oxygens (including phenoxy) is 2. The Bertz CT molecular complexity index is 825. The molecule has 0 aliphatic carbocycles. The fourth-order valence-electron chi connectivity index (χ4n) is 3.84. The summed E-state index contributed by atoms with van der Waals surface area (Å²) >= 11 is 1.69. The highest BCUT2D eigenvalue weighted by Gasteiger charge is 2.28. The van der Waals surface area contributed by atoms with Gasteiger partial charge >= 0.3 is 0 Å². The lowest BCUT2D eigenvalue weighted by molar-refractivity contribution is -0.117. The van der Waals surface area contributed by atoms with E-state index in [1.54, 1.807) is 11.8 Å². The monoisotopic (exact) mass is 398 g/mol. The lowest BCUT2D eigenvalue weighted by Gasteiger charge is -2.25. The molecule has 28 heavy (non-hydrogen) atoms. The summed E-state index contributed by atoms with van der Waals surface area (Å²) in [4.78, 5) is 16.0. The maximum Gasteiger partial charge on any atom is 0.238 e. The van der Waals surface area contributed by atoms with E-state index in [9.17, 15) is 4.79 Å². The molecule has 2 heterocycles. The van der Waals surface area contributed by atoms with Crippen molar-refractivity contribution in [1.29, 1.82) is 0 Å². The molecular weight excluding hydrogens is 372 g/mol. The van der Waals surface area contributed by atoms with E-state index < -0.39 is 0 Å². The second-order valence-electron chi connectivity index (χ2n) is 7.16. The number of hydrogen-bond acceptors (Lipinski definition) is 5. The van der Waals surface area contributed by atoms with E-state index in [-0.39, 0.29) is 11.9 Å². The molecule has 6 heteroatoms. The number of nitrogens with zero attached hydrogens (tertiary/aromatic N) is 1. The Morgan fingerprint density at radius 2 is 1.89 bits per heavy atom. The average Bonchev–Trinajstić information content (AvgIpc) is 3.03. The van der Waals surface area contributed by atoms with Gasteiger partial charge in [-0.15, -0.1) is 11.8 Å². The van der Waals surface area contributed by atoms with Gasteiger partial charge in [0.05, 0.1) is 19.8 Å². The summed E-state index contributed by atoms with van der Waals surface area (Å²) in [7, 11) is 0. The molecule has 0 bridgehead atoms. The van der Waals surface area contributed by atoms with E-state index >= 15 is 0 Å². The van der Waals surface area contributed by atoms with Gasteiger partial charge in [0.2, 0.25) is 5.91 Å². The van der Waals surface area contributed by atoms with Crippen LogP contribution in [-0.2, 0) is 4.79 Å². The average molecular weight is 399 g/mol. The predicted octanol–water partition coefficient (Wildman–Crippen LogP) is 4.35. The zero-order valence-corrected chi connectivity index (χ0v) is 17.0. The summed E-state index contributed by atoms with van der Waals surface area (Å²) < 4.78 is 11.6. The minimum absolute atomic E-state index is 0.0261. The molecule has 4 rings (SSSR count). The molecule has 0 aromatic heterocycles. The van der Waals surface area contributed by atoms with Gasteiger partial charge < -0.3 is 14.8 Å². The van der Waals surface area contributed by atoms with Gasteiger partial charge in [-0.3, -0.25) is 9.69 Å². The van der Waals surface area contributed by atoms with Gasteiger partial charge in [-0.05, 0) is 67.6 Å². The number of carbonyl (C=O) groups is 1. The zero-order chi connectivity index (χ0) is 19.3. The first-order valence-electron chi connectivity index (χ1n) is 9.80. The Balaban J connectivity index is 1.41. The highest BCUT2D eigenvalue weighted by Crippen LogP contribution is 2.37. The van der Waals surface area contributed by atoms with Crippen LogP contribution in [0.1, 0.15) is 30.9 Å². The number of fused-ring (bicyclic) bond motifs is 1. The number of amides is 1. The summed E-state index contributed by atoms with van der Waals surface area (Å²) in [6, 6.07) is 14.4. The van der Waals surface area contributed by atoms with Gasteiger partial charge in [-0.25, -0.2) is 0 Å². The Morgan fingerprint density at radius 3 is 2.68 bits per heavy atom. The maximum atomic E-state index is 12.6. The molecule has 0 unspecified atom stereocenters. The van der Waals surface area contributed by atoms with Crippen molar-refractivity contribution in [3.63, 3.8) is 0 Å². The van der Waals surface area contributed by atoms with Crippen molar-refractivity contribution in [3.8, 4) is 11.5 Å². The first kappa shape index (κ1) is 19.2. The van der Waals surface area contributed by atoms with Crippen molar-refractivity contribution in [3.05, 3.63) is 48.0 Å². The van der Waals surface area contributed by atoms with Gasteiger partial charge in [0.1, 0.15) is 0 Å². The largest absolute Gasteiger partial charge is 0.490 e. The van der Waals surface area contributed by atoms with E-state index in [4.69, 9.17) is 9.47 Å². The fourth-order valence-corrected chi connectivity index (χ4v) is 4.25. The number of benzene rings is 2. The van der Waals surface area contributed by atoms with Crippen molar-refractivity contribution in [2.45, 2.75) is 30.2 Å². The molecule has 1 atom stereocenters. The van der Waals surface area contributed by atoms with Gasteiger partial charge in [0.15, 0.2) is 11.5 Å². The second kappa shape index (κ2) is 8.88. The fraction of sp³-hybridized carbons (Fsp3) is 0.409. The van der Waals surface area contributed by atoms with Crippen LogP contribution in [0.2, 0.25) is 0 Å². The molecule has 1 N–H and O–H groups in total. The molecule has 0 saturated carbocycles. The number of hydrogen-bond donors (Lipinski definition) is 1. The van der Waals surface area contributed by atoms with Crippen LogP contribution >= 0.6 is 11.8 Å². The third-order valence-electron chi connectivity index (χ3n) is 5.24. The maximum absolute atomic E-state index is 12.6. The first-order chi connectivity index (χ1) is 13.7. The summed E-state index contributed by atoms with van der Waals surface area (Å²) in [5.41, 5.74) is 2.04. The number of thioether (sulfide) groups is 1. The molecule has 2 aliphatic heterocycles. The predicted molar refractivity (Wildman–Crippen MR) is 112 cm³/mol. The highest BCUT2D eigenvalue weighted by atomic mass is 32.2. The first-order valence-corrected chi connectivity index (χ1v) is 11.0. The Morgan fingerprint density at radius 1 is 1.11 bits per heavy atom. The van der Waals surface area contributed by atoms with Crippen LogP contribution in [0.3, 0.4) is 0 Å². The van der Waals surface area contributed by atoms with E-state index in [0.717, 1.165) is 43.0 Å². The van der Waals surface area contributed by atoms with E-state index in [1.807, 2.05) is 36.6 Å². The van der Waals surface area contributed by atoms with Crippen molar-refractivity contribution < 1.29 is 14.3 Å². The summed E-state index contributed by atoms with van der Waals surface area (Å²) in [6.45, 7) is 2.70. The minimum atomic E-state index is 0.0261. The highest BCUT2D eigenvalue weighted by molar-refractivity contribution is 7.98. The lowest BCUT2D eigenvalue weighted by atomic mass is 10.0. The molecule has 2 aromatic carbocycles. The molecule has 1 saturated heterocycles. The van der Waals surface area contributed by atoms with Crippen LogP contribution in [0.15, 0.2) is 47.4 Å². The Kier molecular flexibility index (Phi) is 6.07. The van der Waals surface area contributed by atoms with Crippen LogP contribution in [0.4, 0.5) is 5.69 Å². The molecular formula is C22H26N2O3S. The second-order valence-corrected chi connectivity index (χ2v) is 8.04. The topological polar surface area (TPSA) is 50.8 Å². The van der Waals surface area contributed by atoms with Crippen LogP contribution in [0.5, 0.6) is 11.5 Å². The standard InChI is InChI=1S/C22H26N2O3S/c1-28-18-8-6-17(7-9-18)23-22(25)15-24-11-2-4-19(24)16-5-10-20-21(14-16)27-13-3-12-26-20/h5-10,14,19H,2-4,11-13,15H2,1H3,(H,23,25)/t19-/m1/s1. The Labute approximate surface area is 170 Å². The summed E-state index contributed by atoms with van der Waals surface area (Å²) in [6.07, 6.45) is 5.09. The zero-order valence-electron chi connectivity index (χ0n) is 16.1. The summed E-state index contributed by atoms with van der Waals surface area (Å²) in [5, 5.41) is 3.02. The Hall–Kier alpha value is -2.18. The van der Waals surface area contributed by atoms with Crippen LogP contribution in [0.25, 0.3) is 0 Å². The number of anilines is 1. The lowest BCUT2D eigenvalue weighted by Crippen LogP contribution is -2.32. The smallest absolute Gasteiger partial charge is 0.238 e. The van der Waals surface area contributed by atoms with Gasteiger partial charge in [-0.1, -0.05) is 6.07 Å². The van der Waals surface area contributed by atoms with Crippen LogP contribution < -0.4 is 14.8 Å². The van der Waals surface area contributed by atoms with E-state index in [0.29, 0.717) is 19.8 Å². The SMILES string of the molecule is CSc1ccc(NC(=O)CN2CCC[C@@H]2c2ccc3c(c2)OCCCO3)cc1. The van der Waals surface area contributed by atoms with Crippen molar-refractivity contribution >= 4 is 23.4 Å². The molecule has 1 fully saturated rings. The van der Waals surface area contributed by atoms with Crippen LogP contribution in [0, 0.1) is 0 Å².